The van der Waals surface area contributed by atoms with Crippen molar-refractivity contribution in [3.05, 3.63) is 0 Å². The highest BCUT2D eigenvalue weighted by molar-refractivity contribution is 5.02. The Hall–Kier alpha value is -0.0400. The van der Waals surface area contributed by atoms with Crippen LogP contribution in [0.2, 0.25) is 0 Å². The molecular weight excluding hydrogens is 182 g/mol. The Morgan fingerprint density at radius 1 is 1.07 bits per heavy atom. The van der Waals surface area contributed by atoms with Crippen LogP contribution in [0.1, 0.15) is 53.9 Å². The SMILES string of the molecule is CC(C)CN1C2CC1CC(C(C)(C)C)C2. The summed E-state index contributed by atoms with van der Waals surface area (Å²) >= 11 is 0. The molecule has 1 nitrogen and oxygen atoms in total. The average molecular weight is 209 g/mol. The van der Waals surface area contributed by atoms with Crippen LogP contribution in [-0.2, 0) is 0 Å². The van der Waals surface area contributed by atoms with E-state index in [1.807, 2.05) is 0 Å². The van der Waals surface area contributed by atoms with Crippen LogP contribution in [0.5, 0.6) is 0 Å². The maximum absolute atomic E-state index is 2.77. The molecule has 2 saturated heterocycles. The average Bonchev–Trinajstić information content (AvgIpc) is 2.13. The van der Waals surface area contributed by atoms with Gasteiger partial charge in [0, 0.05) is 18.6 Å². The number of nitrogens with zero attached hydrogens (tertiary/aromatic N) is 1. The highest BCUT2D eigenvalue weighted by atomic mass is 15.3. The third kappa shape index (κ3) is 2.22. The maximum Gasteiger partial charge on any atom is 0.0116 e. The van der Waals surface area contributed by atoms with E-state index < -0.39 is 0 Å². The van der Waals surface area contributed by atoms with Crippen LogP contribution >= 0.6 is 0 Å². The number of fused-ring (bicyclic) bond motifs is 2. The molecule has 88 valence electrons. The fraction of sp³-hybridized carbons (Fsp3) is 1.00. The highest BCUT2D eigenvalue weighted by Gasteiger charge is 2.47. The van der Waals surface area contributed by atoms with E-state index in [-0.39, 0.29) is 0 Å². The minimum absolute atomic E-state index is 0.529. The third-order valence-corrected chi connectivity index (χ3v) is 4.40. The van der Waals surface area contributed by atoms with Crippen LogP contribution < -0.4 is 0 Å². The molecule has 0 N–H and O–H groups in total. The Balaban J connectivity index is 1.91. The van der Waals surface area contributed by atoms with Gasteiger partial charge >= 0.3 is 0 Å². The lowest BCUT2D eigenvalue weighted by atomic mass is 9.64. The minimum atomic E-state index is 0.529. The van der Waals surface area contributed by atoms with Gasteiger partial charge in [0.1, 0.15) is 0 Å². The lowest BCUT2D eigenvalue weighted by Gasteiger charge is -2.58. The lowest BCUT2D eigenvalue weighted by Crippen LogP contribution is -2.62. The van der Waals surface area contributed by atoms with E-state index in [0.717, 1.165) is 23.9 Å². The van der Waals surface area contributed by atoms with Gasteiger partial charge in [0.15, 0.2) is 0 Å². The van der Waals surface area contributed by atoms with E-state index in [2.05, 4.69) is 39.5 Å². The summed E-state index contributed by atoms with van der Waals surface area (Å²) in [5.74, 6) is 1.80. The first-order valence-corrected chi connectivity index (χ1v) is 6.63. The number of hydrogen-bond acceptors (Lipinski definition) is 1. The fourth-order valence-corrected chi connectivity index (χ4v) is 3.39. The number of piperidine rings is 1. The second-order valence-electron chi connectivity index (χ2n) is 7.17. The number of hydrogen-bond donors (Lipinski definition) is 0. The topological polar surface area (TPSA) is 3.24 Å². The molecule has 2 aliphatic heterocycles. The van der Waals surface area contributed by atoms with Gasteiger partial charge in [0.05, 0.1) is 0 Å². The predicted molar refractivity (Wildman–Crippen MR) is 65.9 cm³/mol. The first kappa shape index (κ1) is 11.4. The predicted octanol–water partition coefficient (Wildman–Crippen LogP) is 3.54. The van der Waals surface area contributed by atoms with Gasteiger partial charge < -0.3 is 0 Å². The van der Waals surface area contributed by atoms with Gasteiger partial charge in [-0.05, 0) is 36.5 Å². The molecule has 3 rings (SSSR count). The minimum Gasteiger partial charge on any atom is -0.297 e. The maximum atomic E-state index is 2.77. The van der Waals surface area contributed by atoms with Gasteiger partial charge in [-0.25, -0.2) is 0 Å². The van der Waals surface area contributed by atoms with Crippen molar-refractivity contribution in [2.45, 2.75) is 66.0 Å². The molecule has 0 amide bonds. The molecule has 0 spiro atoms. The molecular formula is C14H27N. The molecule has 0 radical (unpaired) electrons. The molecule has 2 heterocycles. The summed E-state index contributed by atoms with van der Waals surface area (Å²) in [6, 6.07) is 1.85. The van der Waals surface area contributed by atoms with Crippen molar-refractivity contribution in [2.75, 3.05) is 6.54 Å². The van der Waals surface area contributed by atoms with E-state index in [4.69, 9.17) is 0 Å². The van der Waals surface area contributed by atoms with Crippen LogP contribution in [0.15, 0.2) is 0 Å². The van der Waals surface area contributed by atoms with Crippen molar-refractivity contribution >= 4 is 0 Å². The summed E-state index contributed by atoms with van der Waals surface area (Å²) < 4.78 is 0. The van der Waals surface area contributed by atoms with Crippen LogP contribution in [0.25, 0.3) is 0 Å². The van der Waals surface area contributed by atoms with Crippen LogP contribution in [-0.4, -0.2) is 23.5 Å². The zero-order valence-corrected chi connectivity index (χ0v) is 11.1. The van der Waals surface area contributed by atoms with Crippen molar-refractivity contribution < 1.29 is 0 Å². The molecule has 0 aromatic carbocycles. The lowest BCUT2D eigenvalue weighted by molar-refractivity contribution is -0.0801. The molecule has 1 aliphatic carbocycles. The first-order valence-electron chi connectivity index (χ1n) is 6.63. The molecule has 3 fully saturated rings. The Kier molecular flexibility index (Phi) is 2.87. The molecule has 0 aromatic rings. The summed E-state index contributed by atoms with van der Waals surface area (Å²) in [4.78, 5) is 2.77. The highest BCUT2D eigenvalue weighted by Crippen LogP contribution is 2.47. The van der Waals surface area contributed by atoms with E-state index in [1.165, 1.54) is 25.8 Å². The molecule has 2 unspecified atom stereocenters. The van der Waals surface area contributed by atoms with Crippen molar-refractivity contribution in [3.63, 3.8) is 0 Å². The first-order chi connectivity index (χ1) is 6.88. The summed E-state index contributed by atoms with van der Waals surface area (Å²) in [6.45, 7) is 13.2. The Morgan fingerprint density at radius 2 is 1.60 bits per heavy atom. The Bertz CT molecular complexity index is 214. The zero-order chi connectivity index (χ0) is 11.2. The molecule has 3 aliphatic rings. The smallest absolute Gasteiger partial charge is 0.0116 e. The van der Waals surface area contributed by atoms with E-state index in [0.29, 0.717) is 5.41 Å². The molecule has 2 bridgehead atoms. The third-order valence-electron chi connectivity index (χ3n) is 4.40. The van der Waals surface area contributed by atoms with Gasteiger partial charge in [0.2, 0.25) is 0 Å². The van der Waals surface area contributed by atoms with Crippen molar-refractivity contribution in [3.8, 4) is 0 Å². The van der Waals surface area contributed by atoms with Gasteiger partial charge in [0.25, 0.3) is 0 Å². The molecule has 1 saturated carbocycles. The summed E-state index contributed by atoms with van der Waals surface area (Å²) in [5, 5.41) is 0. The van der Waals surface area contributed by atoms with Crippen LogP contribution in [0, 0.1) is 17.3 Å². The van der Waals surface area contributed by atoms with Crippen LogP contribution in [0.4, 0.5) is 0 Å². The Morgan fingerprint density at radius 3 is 2.00 bits per heavy atom. The standard InChI is InChI=1S/C14H27N/c1-10(2)9-15-12-6-11(14(3,4)5)7-13(15)8-12/h10-13H,6-9H2,1-5H3. The second kappa shape index (κ2) is 3.76. The normalized spacial score (nSPS) is 36.8. The summed E-state index contributed by atoms with van der Waals surface area (Å²) in [6.07, 6.45) is 4.39. The molecule has 1 heteroatoms. The largest absolute Gasteiger partial charge is 0.297 e. The molecule has 0 aromatic heterocycles. The molecule has 15 heavy (non-hydrogen) atoms. The molecule has 2 atom stereocenters. The van der Waals surface area contributed by atoms with Gasteiger partial charge in [-0.3, -0.25) is 4.90 Å². The van der Waals surface area contributed by atoms with Crippen molar-refractivity contribution in [1.82, 2.24) is 4.90 Å². The Labute approximate surface area is 95.2 Å². The van der Waals surface area contributed by atoms with Gasteiger partial charge in [-0.15, -0.1) is 0 Å². The van der Waals surface area contributed by atoms with Gasteiger partial charge in [-0.2, -0.15) is 0 Å². The number of rotatable bonds is 2. The van der Waals surface area contributed by atoms with E-state index >= 15 is 0 Å². The van der Waals surface area contributed by atoms with E-state index in [1.54, 1.807) is 0 Å². The van der Waals surface area contributed by atoms with Crippen molar-refractivity contribution in [1.29, 1.82) is 0 Å². The van der Waals surface area contributed by atoms with Crippen LogP contribution in [0.3, 0.4) is 0 Å². The monoisotopic (exact) mass is 209 g/mol. The second-order valence-corrected chi connectivity index (χ2v) is 7.17. The van der Waals surface area contributed by atoms with E-state index in [9.17, 15) is 0 Å². The zero-order valence-electron chi connectivity index (χ0n) is 11.1. The fourth-order valence-electron chi connectivity index (χ4n) is 3.39. The quantitative estimate of drug-likeness (QED) is 0.672. The summed E-state index contributed by atoms with van der Waals surface area (Å²) in [5.41, 5.74) is 0.529. The summed E-state index contributed by atoms with van der Waals surface area (Å²) in [7, 11) is 0. The van der Waals surface area contributed by atoms with Crippen molar-refractivity contribution in [2.24, 2.45) is 17.3 Å². The van der Waals surface area contributed by atoms with Gasteiger partial charge in [-0.1, -0.05) is 34.6 Å².